The maximum Gasteiger partial charge on any atom is 0.397 e. The molecule has 0 fully saturated rings. The fourth-order valence-electron chi connectivity index (χ4n) is 3.40. The van der Waals surface area contributed by atoms with E-state index in [4.69, 9.17) is 20.9 Å². The van der Waals surface area contributed by atoms with Crippen LogP contribution in [0.2, 0.25) is 5.02 Å². The van der Waals surface area contributed by atoms with Crippen molar-refractivity contribution in [3.8, 4) is 5.75 Å². The Hall–Kier alpha value is -3.00. The first-order valence-corrected chi connectivity index (χ1v) is 15.4. The summed E-state index contributed by atoms with van der Waals surface area (Å²) in [6, 6.07) is 4.36. The van der Waals surface area contributed by atoms with Gasteiger partial charge in [0.05, 0.1) is 45.7 Å². The van der Waals surface area contributed by atoms with Gasteiger partial charge in [-0.25, -0.2) is 12.6 Å². The first kappa shape index (κ1) is 30.5. The molecule has 39 heavy (non-hydrogen) atoms. The molecule has 1 aliphatic rings. The molecule has 15 nitrogen and oxygen atoms in total. The number of aryl methyl sites for hydroxylation is 1. The van der Waals surface area contributed by atoms with Crippen molar-refractivity contribution in [2.24, 2.45) is 15.3 Å². The van der Waals surface area contributed by atoms with Crippen molar-refractivity contribution >= 4 is 64.9 Å². The van der Waals surface area contributed by atoms with E-state index in [1.165, 1.54) is 33.1 Å². The number of rotatable bonds is 10. The van der Waals surface area contributed by atoms with Crippen LogP contribution in [0.3, 0.4) is 0 Å². The van der Waals surface area contributed by atoms with Crippen LogP contribution in [-0.4, -0.2) is 71.5 Å². The highest BCUT2D eigenvalue weighted by Crippen LogP contribution is 2.36. The molecule has 0 aliphatic carbocycles. The molecule has 0 saturated carbocycles. The number of benzene rings is 2. The Bertz CT molecular complexity index is 1680. The molecule has 0 spiro atoms. The number of halogens is 1. The number of carbonyl (C=O) groups excluding carboxylic acids is 1. The van der Waals surface area contributed by atoms with Crippen molar-refractivity contribution in [3.63, 3.8) is 0 Å². The fourth-order valence-corrected chi connectivity index (χ4v) is 5.91. The predicted molar refractivity (Wildman–Crippen MR) is 137 cm³/mol. The Labute approximate surface area is 228 Å². The van der Waals surface area contributed by atoms with Gasteiger partial charge in [0.1, 0.15) is 11.4 Å². The lowest BCUT2D eigenvalue weighted by Crippen LogP contribution is -2.30. The average Bonchev–Trinajstić information content (AvgIpc) is 3.08. The van der Waals surface area contributed by atoms with E-state index in [1.807, 2.05) is 0 Å². The first-order chi connectivity index (χ1) is 17.9. The molecule has 1 atom stereocenters. The molecule has 1 amide bonds. The summed E-state index contributed by atoms with van der Waals surface area (Å²) in [6.45, 7) is 2.10. The quantitative estimate of drug-likeness (QED) is 0.288. The van der Waals surface area contributed by atoms with Gasteiger partial charge in [-0.3, -0.25) is 13.9 Å². The Morgan fingerprint density at radius 2 is 1.72 bits per heavy atom. The summed E-state index contributed by atoms with van der Waals surface area (Å²) in [7, 11) is -12.2. The third kappa shape index (κ3) is 7.15. The van der Waals surface area contributed by atoms with Gasteiger partial charge in [0.2, 0.25) is 0 Å². The van der Waals surface area contributed by atoms with Crippen molar-refractivity contribution in [3.05, 3.63) is 40.9 Å². The zero-order valence-corrected chi connectivity index (χ0v) is 23.5. The normalized spacial score (nSPS) is 16.7. The molecule has 1 unspecified atom stereocenters. The van der Waals surface area contributed by atoms with Gasteiger partial charge in [0.25, 0.3) is 16.0 Å². The Kier molecular flexibility index (Phi) is 8.80. The van der Waals surface area contributed by atoms with Gasteiger partial charge in [-0.1, -0.05) is 11.6 Å². The molecule has 0 saturated heterocycles. The topological polar surface area (TPSA) is 219 Å². The minimum absolute atomic E-state index is 0.0592. The summed E-state index contributed by atoms with van der Waals surface area (Å²) in [6.07, 6.45) is 0. The second kappa shape index (κ2) is 11.2. The van der Waals surface area contributed by atoms with E-state index in [9.17, 15) is 34.6 Å². The molecule has 0 radical (unpaired) electrons. The van der Waals surface area contributed by atoms with Crippen molar-refractivity contribution < 1.29 is 48.1 Å². The van der Waals surface area contributed by atoms with Gasteiger partial charge in [-0.2, -0.15) is 37.2 Å². The molecular weight excluding hydrogens is 604 g/mol. The van der Waals surface area contributed by atoms with Crippen molar-refractivity contribution in [1.29, 1.82) is 0 Å². The first-order valence-electron chi connectivity index (χ1n) is 10.5. The molecule has 0 bridgehead atoms. The number of anilines is 1. The van der Waals surface area contributed by atoms with Crippen LogP contribution in [0.4, 0.5) is 11.4 Å². The zero-order chi connectivity index (χ0) is 29.3. The highest BCUT2D eigenvalue weighted by Gasteiger charge is 2.37. The lowest BCUT2D eigenvalue weighted by molar-refractivity contribution is -0.117. The van der Waals surface area contributed by atoms with E-state index in [-0.39, 0.29) is 38.3 Å². The third-order valence-corrected chi connectivity index (χ3v) is 8.47. The molecule has 2 aromatic carbocycles. The number of ether oxygens (including phenoxy) is 1. The summed E-state index contributed by atoms with van der Waals surface area (Å²) < 4.78 is 96.5. The number of sulfone groups is 1. The summed E-state index contributed by atoms with van der Waals surface area (Å²) >= 11 is 6.19. The zero-order valence-electron chi connectivity index (χ0n) is 20.3. The monoisotopic (exact) mass is 624 g/mol. The Morgan fingerprint density at radius 3 is 2.28 bits per heavy atom. The van der Waals surface area contributed by atoms with Crippen molar-refractivity contribution in [2.75, 3.05) is 24.5 Å². The van der Waals surface area contributed by atoms with Crippen molar-refractivity contribution in [1.82, 2.24) is 0 Å². The Balaban J connectivity index is 1.90. The molecule has 3 rings (SSSR count). The summed E-state index contributed by atoms with van der Waals surface area (Å²) in [5.74, 6) is -1.39. The van der Waals surface area contributed by atoms with Gasteiger partial charge >= 0.3 is 10.4 Å². The van der Waals surface area contributed by atoms with Crippen molar-refractivity contribution in [2.45, 2.75) is 29.7 Å². The van der Waals surface area contributed by atoms with Crippen LogP contribution < -0.4 is 9.75 Å². The number of methoxy groups -OCH3 is 1. The number of hydrazone groups is 1. The number of hydrogen-bond acceptors (Lipinski definition) is 12. The van der Waals surface area contributed by atoms with E-state index >= 15 is 0 Å². The number of azo groups is 1. The molecular formula is C20H21ClN4O11S3. The SMILES string of the molecule is COc1ccc(S(=O)(=O)CCOS(=O)(=O)O)cc1N=NC1C(=O)N(c2c(C)cc(S(=O)(=O)O)cc2Cl)N=C1C. The summed E-state index contributed by atoms with van der Waals surface area (Å²) in [4.78, 5) is 12.4. The fraction of sp³-hybridized carbons (Fsp3) is 0.300. The van der Waals surface area contributed by atoms with E-state index < -0.39 is 59.6 Å². The number of amides is 1. The molecule has 1 aliphatic heterocycles. The lowest BCUT2D eigenvalue weighted by atomic mass is 10.1. The van der Waals surface area contributed by atoms with Crippen LogP contribution in [0, 0.1) is 6.92 Å². The number of carbonyl (C=O) groups is 1. The van der Waals surface area contributed by atoms with E-state index in [1.54, 1.807) is 0 Å². The molecule has 19 heteroatoms. The smallest absolute Gasteiger partial charge is 0.397 e. The highest BCUT2D eigenvalue weighted by atomic mass is 35.5. The van der Waals surface area contributed by atoms with E-state index in [0.29, 0.717) is 0 Å². The van der Waals surface area contributed by atoms with Crippen LogP contribution in [0.5, 0.6) is 5.75 Å². The lowest BCUT2D eigenvalue weighted by Gasteiger charge is -2.17. The van der Waals surface area contributed by atoms with Crippen LogP contribution in [0.25, 0.3) is 0 Å². The minimum Gasteiger partial charge on any atom is -0.494 e. The van der Waals surface area contributed by atoms with Crippen LogP contribution >= 0.6 is 11.6 Å². The molecule has 2 N–H and O–H groups in total. The van der Waals surface area contributed by atoms with E-state index in [2.05, 4.69) is 19.5 Å². The molecule has 1 heterocycles. The maximum absolute atomic E-state index is 13.1. The van der Waals surface area contributed by atoms with Gasteiger partial charge in [0, 0.05) is 0 Å². The minimum atomic E-state index is -4.83. The molecule has 0 aromatic heterocycles. The molecule has 2 aromatic rings. The Morgan fingerprint density at radius 1 is 1.05 bits per heavy atom. The van der Waals surface area contributed by atoms with E-state index in [0.717, 1.165) is 23.2 Å². The third-order valence-electron chi connectivity index (χ3n) is 5.21. The van der Waals surface area contributed by atoms with Crippen LogP contribution in [0.15, 0.2) is 55.5 Å². The summed E-state index contributed by atoms with van der Waals surface area (Å²) in [5.41, 5.74) is 0.377. The van der Waals surface area contributed by atoms with Gasteiger partial charge < -0.3 is 4.74 Å². The second-order valence-electron chi connectivity index (χ2n) is 7.96. The second-order valence-corrected chi connectivity index (χ2v) is 13.0. The highest BCUT2D eigenvalue weighted by molar-refractivity contribution is 7.91. The predicted octanol–water partition coefficient (Wildman–Crippen LogP) is 2.37. The van der Waals surface area contributed by atoms with Crippen LogP contribution in [-0.2, 0) is 39.3 Å². The van der Waals surface area contributed by atoms with Crippen LogP contribution in [0.1, 0.15) is 12.5 Å². The largest absolute Gasteiger partial charge is 0.494 e. The van der Waals surface area contributed by atoms with Gasteiger partial charge in [0.15, 0.2) is 15.9 Å². The van der Waals surface area contributed by atoms with Gasteiger partial charge in [-0.05, 0) is 49.7 Å². The van der Waals surface area contributed by atoms with Gasteiger partial charge in [-0.15, -0.1) is 0 Å². The maximum atomic E-state index is 13.1. The average molecular weight is 625 g/mol. The number of hydrogen-bond donors (Lipinski definition) is 2. The summed E-state index contributed by atoms with van der Waals surface area (Å²) in [5, 5.41) is 12.8. The molecule has 212 valence electrons. The standard InChI is InChI=1S/C20H21ClN4O11S3/c1-11-8-14(38(29,30)31)9-15(21)19(11)25-20(26)18(12(2)24-25)23-22-16-10-13(4-5-17(16)35-3)37(27,28)7-6-36-39(32,33)34/h4-5,8-10,18H,6-7H2,1-3H3,(H,29,30,31)(H,32,33,34). The number of nitrogens with zero attached hydrogens (tertiary/aromatic N) is 4.